The van der Waals surface area contributed by atoms with Gasteiger partial charge < -0.3 is 9.47 Å². The van der Waals surface area contributed by atoms with Crippen LogP contribution < -0.4 is 4.74 Å². The molecule has 0 saturated heterocycles. The average Bonchev–Trinajstić information content (AvgIpc) is 3.02. The highest BCUT2D eigenvalue weighted by Gasteiger charge is 2.18. The first kappa shape index (κ1) is 15.7. The largest absolute Gasteiger partial charge is 0.497 e. The van der Waals surface area contributed by atoms with Gasteiger partial charge in [-0.3, -0.25) is 0 Å². The Morgan fingerprint density at radius 3 is 2.67 bits per heavy atom. The molecule has 0 fully saturated rings. The quantitative estimate of drug-likeness (QED) is 0.675. The van der Waals surface area contributed by atoms with Crippen LogP contribution in [-0.2, 0) is 11.3 Å². The van der Waals surface area contributed by atoms with Gasteiger partial charge in [-0.2, -0.15) is 0 Å². The fourth-order valence-electron chi connectivity index (χ4n) is 2.31. The van der Waals surface area contributed by atoms with Crippen molar-refractivity contribution in [3.8, 4) is 11.4 Å². The van der Waals surface area contributed by atoms with Crippen molar-refractivity contribution in [1.82, 2.24) is 15.0 Å². The maximum absolute atomic E-state index is 12.3. The van der Waals surface area contributed by atoms with Crippen molar-refractivity contribution in [2.24, 2.45) is 0 Å². The minimum atomic E-state index is -0.502. The Bertz CT molecular complexity index is 844. The third-order valence-corrected chi connectivity index (χ3v) is 3.59. The van der Waals surface area contributed by atoms with Crippen LogP contribution in [0.15, 0.2) is 54.6 Å². The number of hydrogen-bond acceptors (Lipinski definition) is 5. The van der Waals surface area contributed by atoms with E-state index in [9.17, 15) is 4.79 Å². The second-order valence-electron chi connectivity index (χ2n) is 5.20. The molecule has 0 atom stereocenters. The second kappa shape index (κ2) is 6.95. The molecule has 0 unspecified atom stereocenters. The van der Waals surface area contributed by atoms with Crippen molar-refractivity contribution in [2.75, 3.05) is 7.11 Å². The number of methoxy groups -OCH3 is 1. The highest BCUT2D eigenvalue weighted by Crippen LogP contribution is 2.16. The van der Waals surface area contributed by atoms with E-state index in [0.717, 1.165) is 17.0 Å². The molecule has 0 saturated carbocycles. The highest BCUT2D eigenvalue weighted by atomic mass is 16.5. The van der Waals surface area contributed by atoms with E-state index >= 15 is 0 Å². The van der Waals surface area contributed by atoms with Gasteiger partial charge >= 0.3 is 5.97 Å². The first-order valence-electron chi connectivity index (χ1n) is 7.47. The number of ether oxygens (including phenoxy) is 2. The van der Waals surface area contributed by atoms with E-state index in [1.54, 1.807) is 18.7 Å². The molecule has 0 radical (unpaired) electrons. The summed E-state index contributed by atoms with van der Waals surface area (Å²) < 4.78 is 12.1. The number of carbonyl (C=O) groups is 1. The van der Waals surface area contributed by atoms with Crippen molar-refractivity contribution in [1.29, 1.82) is 0 Å². The number of carbonyl (C=O) groups excluding carboxylic acids is 1. The van der Waals surface area contributed by atoms with E-state index in [-0.39, 0.29) is 12.3 Å². The van der Waals surface area contributed by atoms with Gasteiger partial charge in [0.1, 0.15) is 12.4 Å². The summed E-state index contributed by atoms with van der Waals surface area (Å²) in [5, 5.41) is 7.99. The number of nitrogens with zero attached hydrogens (tertiary/aromatic N) is 3. The Morgan fingerprint density at radius 1 is 1.12 bits per heavy atom. The van der Waals surface area contributed by atoms with Crippen LogP contribution in [0.5, 0.6) is 5.75 Å². The summed E-state index contributed by atoms with van der Waals surface area (Å²) in [7, 11) is 1.59. The van der Waals surface area contributed by atoms with Gasteiger partial charge in [-0.1, -0.05) is 35.5 Å². The summed E-state index contributed by atoms with van der Waals surface area (Å²) in [6.45, 7) is 1.93. The molecule has 3 aromatic rings. The first-order chi connectivity index (χ1) is 11.7. The highest BCUT2D eigenvalue weighted by molar-refractivity contribution is 5.88. The molecule has 3 rings (SSSR count). The van der Waals surface area contributed by atoms with E-state index in [0.29, 0.717) is 5.69 Å². The molecule has 0 bridgehead atoms. The predicted molar refractivity (Wildman–Crippen MR) is 88.2 cm³/mol. The Kier molecular flexibility index (Phi) is 4.56. The van der Waals surface area contributed by atoms with Crippen molar-refractivity contribution in [3.63, 3.8) is 0 Å². The monoisotopic (exact) mass is 323 g/mol. The summed E-state index contributed by atoms with van der Waals surface area (Å²) in [6, 6.07) is 16.9. The standard InChI is InChI=1S/C18H17N3O3/c1-13-17(19-20-21(13)15-8-4-3-5-9-15)18(22)24-12-14-7-6-10-16(11-14)23-2/h3-11H,12H2,1-2H3. The van der Waals surface area contributed by atoms with Crippen LogP contribution in [-0.4, -0.2) is 28.1 Å². The Hall–Kier alpha value is -3.15. The van der Waals surface area contributed by atoms with Crippen molar-refractivity contribution in [3.05, 3.63) is 71.5 Å². The van der Waals surface area contributed by atoms with Crippen LogP contribution in [0.1, 0.15) is 21.7 Å². The van der Waals surface area contributed by atoms with Crippen LogP contribution in [0.25, 0.3) is 5.69 Å². The van der Waals surface area contributed by atoms with E-state index < -0.39 is 5.97 Å². The summed E-state index contributed by atoms with van der Waals surface area (Å²) in [5.74, 6) is 0.215. The molecule has 2 aromatic carbocycles. The molecular formula is C18H17N3O3. The molecule has 0 aliphatic carbocycles. The lowest BCUT2D eigenvalue weighted by atomic mass is 10.2. The van der Waals surface area contributed by atoms with Gasteiger partial charge in [-0.05, 0) is 36.8 Å². The smallest absolute Gasteiger partial charge is 0.361 e. The summed E-state index contributed by atoms with van der Waals surface area (Å²) in [6.07, 6.45) is 0. The molecule has 0 aliphatic rings. The normalized spacial score (nSPS) is 10.4. The number of esters is 1. The molecule has 6 heteroatoms. The topological polar surface area (TPSA) is 66.2 Å². The number of rotatable bonds is 5. The summed E-state index contributed by atoms with van der Waals surface area (Å²) >= 11 is 0. The van der Waals surface area contributed by atoms with E-state index in [1.165, 1.54) is 0 Å². The molecule has 1 heterocycles. The molecule has 24 heavy (non-hydrogen) atoms. The fraction of sp³-hybridized carbons (Fsp3) is 0.167. The van der Waals surface area contributed by atoms with E-state index in [1.807, 2.05) is 54.6 Å². The van der Waals surface area contributed by atoms with Gasteiger partial charge in [0.15, 0.2) is 5.69 Å². The predicted octanol–water partition coefficient (Wildman–Crippen LogP) is 2.94. The first-order valence-corrected chi connectivity index (χ1v) is 7.47. The third kappa shape index (κ3) is 3.27. The lowest BCUT2D eigenvalue weighted by Crippen LogP contribution is -2.08. The zero-order valence-electron chi connectivity index (χ0n) is 13.5. The Balaban J connectivity index is 1.73. The minimum absolute atomic E-state index is 0.146. The molecule has 0 aliphatic heterocycles. The number of para-hydroxylation sites is 1. The SMILES string of the molecule is COc1cccc(COC(=O)c2nnn(-c3ccccc3)c2C)c1. The molecule has 6 nitrogen and oxygen atoms in total. The zero-order valence-corrected chi connectivity index (χ0v) is 13.5. The van der Waals surface area contributed by atoms with Crippen LogP contribution in [0.4, 0.5) is 0 Å². The van der Waals surface area contributed by atoms with Gasteiger partial charge in [0, 0.05) is 0 Å². The maximum Gasteiger partial charge on any atom is 0.361 e. The van der Waals surface area contributed by atoms with Crippen molar-refractivity contribution >= 4 is 5.97 Å². The zero-order chi connectivity index (χ0) is 16.9. The molecule has 1 aromatic heterocycles. The Labute approximate surface area is 139 Å². The molecule has 122 valence electrons. The number of hydrogen-bond donors (Lipinski definition) is 0. The van der Waals surface area contributed by atoms with Gasteiger partial charge in [0.05, 0.1) is 18.5 Å². The van der Waals surface area contributed by atoms with Crippen LogP contribution in [0, 0.1) is 6.92 Å². The molecule has 0 spiro atoms. The molecular weight excluding hydrogens is 306 g/mol. The van der Waals surface area contributed by atoms with E-state index in [2.05, 4.69) is 10.3 Å². The fourth-order valence-corrected chi connectivity index (χ4v) is 2.31. The van der Waals surface area contributed by atoms with Crippen LogP contribution >= 0.6 is 0 Å². The lowest BCUT2D eigenvalue weighted by molar-refractivity contribution is 0.0464. The summed E-state index contributed by atoms with van der Waals surface area (Å²) in [5.41, 5.74) is 2.53. The van der Waals surface area contributed by atoms with E-state index in [4.69, 9.17) is 9.47 Å². The van der Waals surface area contributed by atoms with Gasteiger partial charge in [-0.25, -0.2) is 9.48 Å². The number of benzene rings is 2. The summed E-state index contributed by atoms with van der Waals surface area (Å²) in [4.78, 5) is 12.3. The Morgan fingerprint density at radius 2 is 1.92 bits per heavy atom. The van der Waals surface area contributed by atoms with Crippen LogP contribution in [0.2, 0.25) is 0 Å². The van der Waals surface area contributed by atoms with Crippen molar-refractivity contribution in [2.45, 2.75) is 13.5 Å². The molecule has 0 N–H and O–H groups in total. The maximum atomic E-state index is 12.3. The van der Waals surface area contributed by atoms with Gasteiger partial charge in [0.2, 0.25) is 0 Å². The lowest BCUT2D eigenvalue weighted by Gasteiger charge is -2.06. The van der Waals surface area contributed by atoms with Gasteiger partial charge in [0.25, 0.3) is 0 Å². The third-order valence-electron chi connectivity index (χ3n) is 3.59. The molecule has 0 amide bonds. The van der Waals surface area contributed by atoms with Crippen LogP contribution in [0.3, 0.4) is 0 Å². The van der Waals surface area contributed by atoms with Gasteiger partial charge in [-0.15, -0.1) is 5.10 Å². The number of aromatic nitrogens is 3. The van der Waals surface area contributed by atoms with Crippen molar-refractivity contribution < 1.29 is 14.3 Å². The average molecular weight is 323 g/mol. The second-order valence-corrected chi connectivity index (χ2v) is 5.20. The minimum Gasteiger partial charge on any atom is -0.497 e.